The van der Waals surface area contributed by atoms with Gasteiger partial charge in [0, 0.05) is 59.1 Å². The van der Waals surface area contributed by atoms with Crippen molar-refractivity contribution in [2.24, 2.45) is 5.92 Å². The highest BCUT2D eigenvalue weighted by atomic mass is 19.1. The molecule has 4 nitrogen and oxygen atoms in total. The number of benzene rings is 2. The standard InChI is InChI=1S/C29H33F3N4/c1-17-9-22-21-5-2-3-6-25(21)34-27(22)28(36(17)29-12-18(13-29)14-29)26-23(31)10-19(11-24(26)32)33-20-15-35(16-20)8-4-7-30/h2-3,5-6,10-11,17-18,20,28,33-34H,4,7-9,12-16H2,1H3/t17-,18?,28-,29?/m1/s1. The van der Waals surface area contributed by atoms with Crippen molar-refractivity contribution in [1.29, 1.82) is 0 Å². The summed E-state index contributed by atoms with van der Waals surface area (Å²) in [7, 11) is 0. The molecule has 1 saturated heterocycles. The van der Waals surface area contributed by atoms with Crippen molar-refractivity contribution in [3.63, 3.8) is 0 Å². The highest BCUT2D eigenvalue weighted by Gasteiger charge is 2.63. The average molecular weight is 495 g/mol. The van der Waals surface area contributed by atoms with Gasteiger partial charge < -0.3 is 10.3 Å². The molecule has 2 atom stereocenters. The van der Waals surface area contributed by atoms with Gasteiger partial charge in [-0.25, -0.2) is 8.78 Å². The molecule has 0 spiro atoms. The monoisotopic (exact) mass is 494 g/mol. The molecule has 3 aliphatic carbocycles. The molecule has 7 heteroatoms. The van der Waals surface area contributed by atoms with E-state index >= 15 is 8.78 Å². The minimum absolute atomic E-state index is 0.0640. The number of likely N-dealkylation sites (tertiary alicyclic amines) is 1. The molecule has 2 N–H and O–H groups in total. The van der Waals surface area contributed by atoms with Gasteiger partial charge in [-0.1, -0.05) is 18.2 Å². The Balaban J connectivity index is 1.25. The van der Waals surface area contributed by atoms with Crippen molar-refractivity contribution in [3.05, 3.63) is 64.9 Å². The number of para-hydroxylation sites is 1. The predicted octanol–water partition coefficient (Wildman–Crippen LogP) is 5.79. The molecule has 4 fully saturated rings. The number of alkyl halides is 1. The third-order valence-corrected chi connectivity index (χ3v) is 9.21. The molecule has 3 saturated carbocycles. The topological polar surface area (TPSA) is 34.3 Å². The number of aromatic nitrogens is 1. The fraction of sp³-hybridized carbons (Fsp3) is 0.517. The third kappa shape index (κ3) is 3.35. The van der Waals surface area contributed by atoms with Crippen LogP contribution in [-0.4, -0.2) is 58.7 Å². The number of anilines is 1. The lowest BCUT2D eigenvalue weighted by Gasteiger charge is -2.70. The van der Waals surface area contributed by atoms with Crippen LogP contribution in [0.5, 0.6) is 0 Å². The summed E-state index contributed by atoms with van der Waals surface area (Å²) < 4.78 is 44.2. The van der Waals surface area contributed by atoms with Crippen LogP contribution in [0.15, 0.2) is 36.4 Å². The lowest BCUT2D eigenvalue weighted by molar-refractivity contribution is -0.174. The number of nitrogens with one attached hydrogen (secondary N) is 2. The van der Waals surface area contributed by atoms with Gasteiger partial charge in [-0.2, -0.15) is 0 Å². The second-order valence-corrected chi connectivity index (χ2v) is 11.6. The van der Waals surface area contributed by atoms with E-state index in [4.69, 9.17) is 0 Å². The molecular weight excluding hydrogens is 461 g/mol. The Morgan fingerprint density at radius 2 is 1.81 bits per heavy atom. The molecule has 190 valence electrons. The van der Waals surface area contributed by atoms with E-state index in [0.29, 0.717) is 12.1 Å². The number of nitrogens with zero attached hydrogens (tertiary/aromatic N) is 2. The van der Waals surface area contributed by atoms with Gasteiger partial charge in [0.15, 0.2) is 0 Å². The quantitative estimate of drug-likeness (QED) is 0.436. The molecular formula is C29H33F3N4. The van der Waals surface area contributed by atoms with Crippen LogP contribution in [0.2, 0.25) is 0 Å². The minimum atomic E-state index is -0.494. The summed E-state index contributed by atoms with van der Waals surface area (Å²) in [6, 6.07) is 11.0. The molecule has 8 rings (SSSR count). The van der Waals surface area contributed by atoms with Crippen LogP contribution in [0.3, 0.4) is 0 Å². The number of aromatic amines is 1. The Hall–Kier alpha value is -2.51. The highest BCUT2D eigenvalue weighted by molar-refractivity contribution is 5.85. The zero-order valence-corrected chi connectivity index (χ0v) is 20.7. The van der Waals surface area contributed by atoms with E-state index in [2.05, 4.69) is 39.2 Å². The second kappa shape index (κ2) is 8.25. The number of fused-ring (bicyclic) bond motifs is 3. The molecule has 2 bridgehead atoms. The fourth-order valence-electron chi connectivity index (χ4n) is 7.53. The van der Waals surface area contributed by atoms with Crippen LogP contribution < -0.4 is 5.32 Å². The maximum Gasteiger partial charge on any atom is 0.133 e. The largest absolute Gasteiger partial charge is 0.380 e. The van der Waals surface area contributed by atoms with Crippen LogP contribution in [0.1, 0.15) is 55.5 Å². The van der Waals surface area contributed by atoms with Crippen molar-refractivity contribution in [3.8, 4) is 0 Å². The third-order valence-electron chi connectivity index (χ3n) is 9.21. The SMILES string of the molecule is C[C@@H]1Cc2c([nH]c3ccccc23)[C@@H](c2c(F)cc(NC3CN(CCCF)C3)cc2F)N1C12CC(C1)C2. The van der Waals surface area contributed by atoms with Gasteiger partial charge >= 0.3 is 0 Å². The van der Waals surface area contributed by atoms with Crippen molar-refractivity contribution >= 4 is 16.6 Å². The van der Waals surface area contributed by atoms with E-state index in [9.17, 15) is 4.39 Å². The highest BCUT2D eigenvalue weighted by Crippen LogP contribution is 2.64. The summed E-state index contributed by atoms with van der Waals surface area (Å²) in [5, 5.41) is 4.44. The Kier molecular flexibility index (Phi) is 5.20. The summed E-state index contributed by atoms with van der Waals surface area (Å²) in [4.78, 5) is 8.16. The molecule has 36 heavy (non-hydrogen) atoms. The summed E-state index contributed by atoms with van der Waals surface area (Å²) in [6.45, 7) is 4.15. The summed E-state index contributed by atoms with van der Waals surface area (Å²) in [5.74, 6) is -0.215. The smallest absolute Gasteiger partial charge is 0.133 e. The number of H-pyrrole nitrogens is 1. The van der Waals surface area contributed by atoms with E-state index in [-0.39, 0.29) is 29.9 Å². The van der Waals surface area contributed by atoms with Crippen molar-refractivity contribution in [2.75, 3.05) is 31.6 Å². The predicted molar refractivity (Wildman–Crippen MR) is 136 cm³/mol. The zero-order valence-electron chi connectivity index (χ0n) is 20.7. The van der Waals surface area contributed by atoms with Crippen molar-refractivity contribution in [2.45, 2.75) is 62.7 Å². The Morgan fingerprint density at radius 1 is 1.08 bits per heavy atom. The number of rotatable bonds is 7. The first-order valence-corrected chi connectivity index (χ1v) is 13.4. The average Bonchev–Trinajstić information content (AvgIpc) is 3.12. The molecule has 0 amide bonds. The number of halogens is 3. The molecule has 0 radical (unpaired) electrons. The fourth-order valence-corrected chi connectivity index (χ4v) is 7.53. The minimum Gasteiger partial charge on any atom is -0.380 e. The Morgan fingerprint density at radius 3 is 2.47 bits per heavy atom. The number of hydrogen-bond donors (Lipinski definition) is 2. The first kappa shape index (κ1) is 22.7. The Labute approximate surface area is 209 Å². The van der Waals surface area contributed by atoms with Gasteiger partial charge in [-0.15, -0.1) is 0 Å². The van der Waals surface area contributed by atoms with Crippen LogP contribution in [0, 0.1) is 17.6 Å². The maximum absolute atomic E-state index is 15.9. The molecule has 3 aromatic rings. The van der Waals surface area contributed by atoms with E-state index in [1.807, 2.05) is 12.1 Å². The van der Waals surface area contributed by atoms with Gasteiger partial charge in [-0.3, -0.25) is 14.2 Å². The van der Waals surface area contributed by atoms with E-state index in [0.717, 1.165) is 67.8 Å². The zero-order chi connectivity index (χ0) is 24.6. The molecule has 2 aliphatic heterocycles. The van der Waals surface area contributed by atoms with Crippen LogP contribution in [-0.2, 0) is 6.42 Å². The lowest BCUT2D eigenvalue weighted by Crippen LogP contribution is -2.71. The molecule has 1 aromatic heterocycles. The lowest BCUT2D eigenvalue weighted by atomic mass is 9.48. The van der Waals surface area contributed by atoms with E-state index < -0.39 is 17.7 Å². The van der Waals surface area contributed by atoms with Crippen LogP contribution >= 0.6 is 0 Å². The first-order valence-electron chi connectivity index (χ1n) is 13.4. The van der Waals surface area contributed by atoms with Gasteiger partial charge in [0.25, 0.3) is 0 Å². The molecule has 3 heterocycles. The van der Waals surface area contributed by atoms with Crippen molar-refractivity contribution in [1.82, 2.24) is 14.8 Å². The molecule has 2 aromatic carbocycles. The first-order chi connectivity index (χ1) is 17.5. The van der Waals surface area contributed by atoms with Crippen molar-refractivity contribution < 1.29 is 13.2 Å². The van der Waals surface area contributed by atoms with E-state index in [1.165, 1.54) is 17.7 Å². The van der Waals surface area contributed by atoms with Crippen LogP contribution in [0.4, 0.5) is 18.9 Å². The van der Waals surface area contributed by atoms with Gasteiger partial charge in [0.2, 0.25) is 0 Å². The normalized spacial score (nSPS) is 29.9. The summed E-state index contributed by atoms with van der Waals surface area (Å²) in [6.07, 6.45) is 4.80. The molecule has 0 unspecified atom stereocenters. The summed E-state index contributed by atoms with van der Waals surface area (Å²) in [5.41, 5.74) is 3.86. The Bertz CT molecular complexity index is 1270. The van der Waals surface area contributed by atoms with Gasteiger partial charge in [-0.05, 0) is 68.7 Å². The van der Waals surface area contributed by atoms with E-state index in [1.54, 1.807) is 0 Å². The maximum atomic E-state index is 15.9. The summed E-state index contributed by atoms with van der Waals surface area (Å²) >= 11 is 0. The second-order valence-electron chi connectivity index (χ2n) is 11.6. The van der Waals surface area contributed by atoms with Crippen LogP contribution in [0.25, 0.3) is 10.9 Å². The van der Waals surface area contributed by atoms with Gasteiger partial charge in [0.1, 0.15) is 11.6 Å². The van der Waals surface area contributed by atoms with Gasteiger partial charge in [0.05, 0.1) is 18.8 Å². The molecule has 5 aliphatic rings. The number of hydrogen-bond acceptors (Lipinski definition) is 3.